The number of aryl methyl sites for hydroxylation is 2. The molecular weight excluding hydrogens is 550 g/mol. The molecule has 44 heavy (non-hydrogen) atoms. The van der Waals surface area contributed by atoms with E-state index in [9.17, 15) is 9.59 Å². The molecule has 2 heterocycles. The van der Waals surface area contributed by atoms with Crippen LogP contribution in [0.1, 0.15) is 94.1 Å². The highest BCUT2D eigenvalue weighted by Gasteiger charge is 2.19. The SMILES string of the molecule is CCCCCCCCCCCC(C)NC(=O)Oc1ccc2c(c1)c1cc3c(C(=O)NCCN(C)C)nccc3c(C)c1n2C. The van der Waals surface area contributed by atoms with E-state index in [2.05, 4.69) is 34.0 Å². The van der Waals surface area contributed by atoms with Crippen molar-refractivity contribution in [3.8, 4) is 5.75 Å². The van der Waals surface area contributed by atoms with Crippen molar-refractivity contribution in [1.29, 1.82) is 0 Å². The zero-order chi connectivity index (χ0) is 31.6. The average molecular weight is 602 g/mol. The van der Waals surface area contributed by atoms with Crippen LogP contribution in [0.25, 0.3) is 32.6 Å². The first-order chi connectivity index (χ1) is 21.2. The van der Waals surface area contributed by atoms with E-state index in [0.29, 0.717) is 18.0 Å². The second kappa shape index (κ2) is 15.9. The number of carbonyl (C=O) groups excluding carboxylic acids is 2. The molecule has 8 nitrogen and oxygen atoms in total. The number of benzene rings is 2. The molecule has 0 saturated carbocycles. The number of unbranched alkanes of at least 4 members (excludes halogenated alkanes) is 8. The Morgan fingerprint density at radius 1 is 0.932 bits per heavy atom. The normalized spacial score (nSPS) is 12.3. The number of hydrogen-bond acceptors (Lipinski definition) is 5. The Kier molecular flexibility index (Phi) is 12.0. The summed E-state index contributed by atoms with van der Waals surface area (Å²) in [5.41, 5.74) is 3.59. The summed E-state index contributed by atoms with van der Waals surface area (Å²) in [7, 11) is 5.99. The second-order valence-corrected chi connectivity index (χ2v) is 12.5. The maximum Gasteiger partial charge on any atom is 0.412 e. The number of carbonyl (C=O) groups is 2. The minimum absolute atomic E-state index is 0.0529. The molecule has 1 unspecified atom stereocenters. The molecular formula is C36H51N5O3. The lowest BCUT2D eigenvalue weighted by Gasteiger charge is -2.14. The van der Waals surface area contributed by atoms with Crippen molar-refractivity contribution < 1.29 is 14.3 Å². The fraction of sp³-hybridized carbons (Fsp3) is 0.528. The molecule has 0 bridgehead atoms. The van der Waals surface area contributed by atoms with Gasteiger partial charge >= 0.3 is 6.09 Å². The van der Waals surface area contributed by atoms with Gasteiger partial charge in [-0.2, -0.15) is 0 Å². The van der Waals surface area contributed by atoms with Gasteiger partial charge in [-0.3, -0.25) is 9.78 Å². The predicted molar refractivity (Wildman–Crippen MR) is 182 cm³/mol. The molecule has 0 radical (unpaired) electrons. The first-order valence-corrected chi connectivity index (χ1v) is 16.4. The Morgan fingerprint density at radius 3 is 2.34 bits per heavy atom. The molecule has 0 spiro atoms. The van der Waals surface area contributed by atoms with Gasteiger partial charge in [0.2, 0.25) is 0 Å². The van der Waals surface area contributed by atoms with Gasteiger partial charge in [-0.15, -0.1) is 0 Å². The zero-order valence-corrected chi connectivity index (χ0v) is 27.6. The Labute approximate surface area is 262 Å². The number of aromatic nitrogens is 2. The quantitative estimate of drug-likeness (QED) is 0.128. The molecule has 1 atom stereocenters. The summed E-state index contributed by atoms with van der Waals surface area (Å²) >= 11 is 0. The van der Waals surface area contributed by atoms with Gasteiger partial charge in [0.25, 0.3) is 5.91 Å². The predicted octanol–water partition coefficient (Wildman–Crippen LogP) is 7.88. The zero-order valence-electron chi connectivity index (χ0n) is 27.6. The molecule has 2 aromatic carbocycles. The van der Waals surface area contributed by atoms with Gasteiger partial charge in [0, 0.05) is 54.1 Å². The van der Waals surface area contributed by atoms with Gasteiger partial charge in [-0.1, -0.05) is 64.7 Å². The van der Waals surface area contributed by atoms with Crippen molar-refractivity contribution in [3.05, 3.63) is 47.8 Å². The first-order valence-electron chi connectivity index (χ1n) is 16.4. The fourth-order valence-corrected chi connectivity index (χ4v) is 6.16. The number of hydrogen-bond donors (Lipinski definition) is 2. The highest BCUT2D eigenvalue weighted by atomic mass is 16.6. The summed E-state index contributed by atoms with van der Waals surface area (Å²) < 4.78 is 7.91. The van der Waals surface area contributed by atoms with Gasteiger partial charge in [-0.25, -0.2) is 4.79 Å². The van der Waals surface area contributed by atoms with E-state index in [1.54, 1.807) is 6.20 Å². The first kappa shape index (κ1) is 33.2. The van der Waals surface area contributed by atoms with Gasteiger partial charge in [-0.05, 0) is 75.6 Å². The number of amides is 2. The summed E-state index contributed by atoms with van der Waals surface area (Å²) in [6.45, 7) is 7.66. The molecule has 0 fully saturated rings. The maximum absolute atomic E-state index is 13.1. The van der Waals surface area contributed by atoms with E-state index < -0.39 is 6.09 Å². The number of fused-ring (bicyclic) bond motifs is 4. The number of pyridine rings is 1. The summed E-state index contributed by atoms with van der Waals surface area (Å²) in [5.74, 6) is 0.303. The lowest BCUT2D eigenvalue weighted by Crippen LogP contribution is -2.34. The third-order valence-electron chi connectivity index (χ3n) is 8.62. The van der Waals surface area contributed by atoms with Crippen LogP contribution in [-0.2, 0) is 7.05 Å². The van der Waals surface area contributed by atoms with Crippen molar-refractivity contribution >= 4 is 44.6 Å². The number of nitrogens with zero attached hydrogens (tertiary/aromatic N) is 3. The third-order valence-corrected chi connectivity index (χ3v) is 8.62. The van der Waals surface area contributed by atoms with Crippen molar-refractivity contribution in [1.82, 2.24) is 25.1 Å². The average Bonchev–Trinajstić information content (AvgIpc) is 3.26. The van der Waals surface area contributed by atoms with Crippen LogP contribution in [0.5, 0.6) is 5.75 Å². The van der Waals surface area contributed by atoms with E-state index in [0.717, 1.165) is 57.5 Å². The molecule has 238 valence electrons. The molecule has 2 amide bonds. The van der Waals surface area contributed by atoms with Gasteiger partial charge < -0.3 is 24.8 Å². The fourth-order valence-electron chi connectivity index (χ4n) is 6.16. The molecule has 2 aromatic heterocycles. The van der Waals surface area contributed by atoms with Crippen molar-refractivity contribution in [2.24, 2.45) is 7.05 Å². The Morgan fingerprint density at radius 2 is 1.64 bits per heavy atom. The lowest BCUT2D eigenvalue weighted by molar-refractivity contribution is 0.0948. The summed E-state index contributed by atoms with van der Waals surface area (Å²) in [4.78, 5) is 32.4. The van der Waals surface area contributed by atoms with Gasteiger partial charge in [0.05, 0.1) is 5.52 Å². The Balaban J connectivity index is 1.44. The van der Waals surface area contributed by atoms with Crippen LogP contribution in [0.4, 0.5) is 4.79 Å². The van der Waals surface area contributed by atoms with Gasteiger partial charge in [0.15, 0.2) is 0 Å². The van der Waals surface area contributed by atoms with E-state index in [1.165, 1.54) is 51.4 Å². The van der Waals surface area contributed by atoms with Crippen molar-refractivity contribution in [3.63, 3.8) is 0 Å². The van der Waals surface area contributed by atoms with Crippen LogP contribution < -0.4 is 15.4 Å². The Bertz CT molecular complexity index is 1580. The molecule has 0 aliphatic carbocycles. The molecule has 4 rings (SSSR count). The van der Waals surface area contributed by atoms with Crippen LogP contribution in [-0.4, -0.2) is 59.7 Å². The molecule has 8 heteroatoms. The molecule has 0 aliphatic rings. The van der Waals surface area contributed by atoms with E-state index in [-0.39, 0.29) is 11.9 Å². The van der Waals surface area contributed by atoms with Crippen molar-refractivity contribution in [2.45, 2.75) is 91.0 Å². The van der Waals surface area contributed by atoms with Crippen LogP contribution in [0.15, 0.2) is 36.5 Å². The highest BCUT2D eigenvalue weighted by Crippen LogP contribution is 2.37. The molecule has 2 N–H and O–H groups in total. The highest BCUT2D eigenvalue weighted by molar-refractivity contribution is 6.17. The van der Waals surface area contributed by atoms with E-state index >= 15 is 0 Å². The topological polar surface area (TPSA) is 88.5 Å². The summed E-state index contributed by atoms with van der Waals surface area (Å²) in [5, 5.41) is 9.75. The molecule has 4 aromatic rings. The number of likely N-dealkylation sites (N-methyl/N-ethyl adjacent to an activating group) is 1. The standard InChI is InChI=1S/C36H51N5O3/c1-7-8-9-10-11-12-13-14-15-16-25(2)39-36(43)44-27-17-18-32-29(23-27)31-24-30-28(26(3)34(31)41(32)6)19-20-37-33(30)35(42)38-21-22-40(4)5/h17-20,23-25H,7-16,21-22H2,1-6H3,(H,38,42)(H,39,43). The maximum atomic E-state index is 13.1. The third kappa shape index (κ3) is 8.29. The number of nitrogens with one attached hydrogen (secondary N) is 2. The monoisotopic (exact) mass is 601 g/mol. The van der Waals surface area contributed by atoms with Gasteiger partial charge in [0.1, 0.15) is 11.4 Å². The number of rotatable bonds is 16. The van der Waals surface area contributed by atoms with E-state index in [4.69, 9.17) is 4.74 Å². The summed E-state index contributed by atoms with van der Waals surface area (Å²) in [6.07, 6.45) is 13.8. The van der Waals surface area contributed by atoms with Crippen molar-refractivity contribution in [2.75, 3.05) is 27.2 Å². The smallest absolute Gasteiger partial charge is 0.410 e. The minimum atomic E-state index is -0.435. The minimum Gasteiger partial charge on any atom is -0.410 e. The van der Waals surface area contributed by atoms with Crippen LogP contribution in [0.3, 0.4) is 0 Å². The molecule has 0 saturated heterocycles. The lowest BCUT2D eigenvalue weighted by atomic mass is 10.00. The summed E-state index contributed by atoms with van der Waals surface area (Å²) in [6, 6.07) is 9.81. The van der Waals surface area contributed by atoms with Crippen LogP contribution in [0, 0.1) is 6.92 Å². The van der Waals surface area contributed by atoms with Crippen LogP contribution >= 0.6 is 0 Å². The van der Waals surface area contributed by atoms with Crippen LogP contribution in [0.2, 0.25) is 0 Å². The number of ether oxygens (including phenoxy) is 1. The largest absolute Gasteiger partial charge is 0.412 e. The second-order valence-electron chi connectivity index (χ2n) is 12.5. The Hall–Kier alpha value is -3.65. The molecule has 0 aliphatic heterocycles. The van der Waals surface area contributed by atoms with E-state index in [1.807, 2.05) is 63.3 Å².